The van der Waals surface area contributed by atoms with Crippen LogP contribution in [-0.2, 0) is 10.2 Å². The predicted octanol–water partition coefficient (Wildman–Crippen LogP) is 6.22. The van der Waals surface area contributed by atoms with Gasteiger partial charge in [-0.1, -0.05) is 66.2 Å². The van der Waals surface area contributed by atoms with Crippen molar-refractivity contribution in [1.29, 1.82) is 5.26 Å². The molecule has 7 nitrogen and oxygen atoms in total. The molecule has 1 spiro atoms. The zero-order chi connectivity index (χ0) is 29.7. The first-order chi connectivity index (χ1) is 21.0. The summed E-state index contributed by atoms with van der Waals surface area (Å²) in [5.74, 6) is -1.73. The molecule has 0 saturated carbocycles. The predicted molar refractivity (Wildman–Crippen MR) is 162 cm³/mol. The molecule has 4 atom stereocenters. The van der Waals surface area contributed by atoms with Gasteiger partial charge in [0.15, 0.2) is 18.2 Å². The Kier molecular flexibility index (Phi) is 6.37. The summed E-state index contributed by atoms with van der Waals surface area (Å²) < 4.78 is 5.40. The highest BCUT2D eigenvalue weighted by atomic mass is 35.5. The zero-order valence-electron chi connectivity index (χ0n) is 22.7. The first-order valence-corrected chi connectivity index (χ1v) is 14.2. The Balaban J connectivity index is 1.49. The number of carbonyl (C=O) groups excluding carboxylic acids is 3. The van der Waals surface area contributed by atoms with E-state index in [0.29, 0.717) is 22.6 Å². The van der Waals surface area contributed by atoms with E-state index >= 15 is 0 Å². The lowest BCUT2D eigenvalue weighted by Crippen LogP contribution is -2.49. The molecule has 0 unspecified atom stereocenters. The van der Waals surface area contributed by atoms with E-state index in [1.165, 1.54) is 0 Å². The van der Waals surface area contributed by atoms with E-state index in [1.807, 2.05) is 71.8 Å². The molecule has 4 aromatic carbocycles. The van der Waals surface area contributed by atoms with Crippen molar-refractivity contribution in [3.63, 3.8) is 0 Å². The summed E-state index contributed by atoms with van der Waals surface area (Å²) in [7, 11) is 0. The molecule has 3 aliphatic heterocycles. The normalized spacial score (nSPS) is 22.7. The molecule has 8 heteroatoms. The molecule has 0 aliphatic carbocycles. The summed E-state index contributed by atoms with van der Waals surface area (Å²) in [4.78, 5) is 45.9. The van der Waals surface area contributed by atoms with Crippen LogP contribution >= 0.6 is 11.6 Å². The van der Waals surface area contributed by atoms with Crippen LogP contribution in [0.25, 0.3) is 6.08 Å². The van der Waals surface area contributed by atoms with Crippen LogP contribution in [0, 0.1) is 17.2 Å². The molecule has 0 aromatic heterocycles. The number of carbonyl (C=O) groups is 3. The molecular formula is C35H24ClN3O4. The van der Waals surface area contributed by atoms with Crippen molar-refractivity contribution in [3.8, 4) is 11.8 Å². The van der Waals surface area contributed by atoms with Gasteiger partial charge >= 0.3 is 0 Å². The number of ketones is 2. The highest BCUT2D eigenvalue weighted by Crippen LogP contribution is 2.62. The topological polar surface area (TPSA) is 99.5 Å². The number of ether oxygens (including phenoxy) is 1. The van der Waals surface area contributed by atoms with Crippen LogP contribution in [0.1, 0.15) is 43.4 Å². The second-order valence-corrected chi connectivity index (χ2v) is 11.2. The summed E-state index contributed by atoms with van der Waals surface area (Å²) in [6, 6.07) is 28.6. The van der Waals surface area contributed by atoms with Gasteiger partial charge < -0.3 is 15.0 Å². The molecule has 3 aliphatic rings. The third kappa shape index (κ3) is 3.91. The van der Waals surface area contributed by atoms with E-state index < -0.39 is 23.4 Å². The Morgan fingerprint density at radius 3 is 2.44 bits per heavy atom. The molecule has 3 heterocycles. The fraction of sp³-hybridized carbons (Fsp3) is 0.143. The number of nitriles is 1. The third-order valence-electron chi connectivity index (χ3n) is 8.70. The fourth-order valence-corrected chi connectivity index (χ4v) is 7.23. The first-order valence-electron chi connectivity index (χ1n) is 13.8. The molecule has 7 rings (SSSR count). The van der Waals surface area contributed by atoms with E-state index in [-0.39, 0.29) is 34.7 Å². The molecule has 0 bridgehead atoms. The standard InChI is InChI=1S/C35H24ClN3O4/c36-27-11-5-3-9-25(27)32(41)30-29(31(40)22-13-15-23(16-14-22)43-20-18-37)35(26-10-4-6-12-28(26)38-34(35)42)33-24-8-2-1-7-21(24)17-19-39(30)33/h1-17,19,29-30,33H,20H2,(H,38,42)/t29-,30+,33-,35-/m0/s1. The highest BCUT2D eigenvalue weighted by molar-refractivity contribution is 6.34. The molecule has 43 heavy (non-hydrogen) atoms. The van der Waals surface area contributed by atoms with Crippen LogP contribution in [-0.4, -0.2) is 35.0 Å². The number of amides is 1. The van der Waals surface area contributed by atoms with Gasteiger partial charge in [-0.25, -0.2) is 0 Å². The van der Waals surface area contributed by atoms with Crippen LogP contribution in [0.5, 0.6) is 5.75 Å². The lowest BCUT2D eigenvalue weighted by atomic mass is 9.62. The number of hydrogen-bond donors (Lipinski definition) is 1. The van der Waals surface area contributed by atoms with Crippen molar-refractivity contribution >= 4 is 40.8 Å². The first kappa shape index (κ1) is 26.7. The van der Waals surface area contributed by atoms with Crippen molar-refractivity contribution in [1.82, 2.24) is 4.90 Å². The van der Waals surface area contributed by atoms with Crippen LogP contribution in [0.15, 0.2) is 103 Å². The number of nitrogens with zero attached hydrogens (tertiary/aromatic N) is 2. The van der Waals surface area contributed by atoms with Crippen molar-refractivity contribution in [2.45, 2.75) is 17.5 Å². The summed E-state index contributed by atoms with van der Waals surface area (Å²) in [5, 5.41) is 12.2. The van der Waals surface area contributed by atoms with Gasteiger partial charge in [0.2, 0.25) is 5.91 Å². The largest absolute Gasteiger partial charge is 0.479 e. The molecule has 1 saturated heterocycles. The second kappa shape index (κ2) is 10.3. The lowest BCUT2D eigenvalue weighted by molar-refractivity contribution is -0.122. The molecule has 1 N–H and O–H groups in total. The minimum absolute atomic E-state index is 0.132. The maximum Gasteiger partial charge on any atom is 0.238 e. The second-order valence-electron chi connectivity index (χ2n) is 10.8. The number of fused-ring (bicyclic) bond motifs is 6. The monoisotopic (exact) mass is 585 g/mol. The Labute approximate surface area is 253 Å². The number of hydrogen-bond acceptors (Lipinski definition) is 6. The quantitative estimate of drug-likeness (QED) is 0.270. The minimum atomic E-state index is -1.44. The van der Waals surface area contributed by atoms with Crippen LogP contribution in [0.2, 0.25) is 5.02 Å². The number of halogens is 1. The van der Waals surface area contributed by atoms with E-state index in [9.17, 15) is 14.4 Å². The molecular weight excluding hydrogens is 562 g/mol. The Bertz CT molecular complexity index is 1880. The van der Waals surface area contributed by atoms with Gasteiger partial charge in [0, 0.05) is 23.0 Å². The maximum atomic E-state index is 14.9. The summed E-state index contributed by atoms with van der Waals surface area (Å²) >= 11 is 6.56. The number of Topliss-reactive ketones (excluding diaryl/α,β-unsaturated/α-hetero) is 2. The Morgan fingerprint density at radius 2 is 1.65 bits per heavy atom. The molecule has 1 fully saturated rings. The number of para-hydroxylation sites is 1. The maximum absolute atomic E-state index is 14.9. The molecule has 0 radical (unpaired) electrons. The Hall–Kier alpha value is -5.19. The van der Waals surface area contributed by atoms with Gasteiger partial charge in [-0.2, -0.15) is 5.26 Å². The van der Waals surface area contributed by atoms with E-state index in [2.05, 4.69) is 5.32 Å². The van der Waals surface area contributed by atoms with Gasteiger partial charge in [0.1, 0.15) is 23.3 Å². The number of benzene rings is 4. The fourth-order valence-electron chi connectivity index (χ4n) is 7.00. The van der Waals surface area contributed by atoms with Crippen molar-refractivity contribution in [2.24, 2.45) is 5.92 Å². The zero-order valence-corrected chi connectivity index (χ0v) is 23.5. The number of rotatable bonds is 6. The molecule has 4 aromatic rings. The molecule has 1 amide bonds. The third-order valence-corrected chi connectivity index (χ3v) is 9.03. The van der Waals surface area contributed by atoms with Gasteiger partial charge in [-0.05, 0) is 65.2 Å². The summed E-state index contributed by atoms with van der Waals surface area (Å²) in [5.41, 5.74) is 2.21. The summed E-state index contributed by atoms with van der Waals surface area (Å²) in [6.45, 7) is -0.132. The van der Waals surface area contributed by atoms with Gasteiger partial charge in [-0.15, -0.1) is 0 Å². The van der Waals surface area contributed by atoms with Crippen molar-refractivity contribution in [3.05, 3.63) is 136 Å². The van der Waals surface area contributed by atoms with Gasteiger partial charge in [0.05, 0.1) is 17.0 Å². The van der Waals surface area contributed by atoms with Gasteiger partial charge in [0.25, 0.3) is 0 Å². The summed E-state index contributed by atoms with van der Waals surface area (Å²) in [6.07, 6.45) is 3.74. The van der Waals surface area contributed by atoms with E-state index in [4.69, 9.17) is 21.6 Å². The smallest absolute Gasteiger partial charge is 0.238 e. The lowest BCUT2D eigenvalue weighted by Gasteiger charge is -2.38. The number of anilines is 1. The van der Waals surface area contributed by atoms with Crippen molar-refractivity contribution < 1.29 is 19.1 Å². The van der Waals surface area contributed by atoms with Crippen LogP contribution in [0.4, 0.5) is 5.69 Å². The highest BCUT2D eigenvalue weighted by Gasteiger charge is 2.70. The average molecular weight is 586 g/mol. The van der Waals surface area contributed by atoms with Crippen molar-refractivity contribution in [2.75, 3.05) is 11.9 Å². The van der Waals surface area contributed by atoms with E-state index in [1.54, 1.807) is 48.5 Å². The number of nitrogens with one attached hydrogen (secondary N) is 1. The molecule has 210 valence electrons. The van der Waals surface area contributed by atoms with Crippen LogP contribution < -0.4 is 10.1 Å². The Morgan fingerprint density at radius 1 is 0.930 bits per heavy atom. The minimum Gasteiger partial charge on any atom is -0.479 e. The SMILES string of the molecule is N#CCOc1ccc(C(=O)[C@@H]2[C@H](C(=O)c3ccccc3Cl)N3C=Cc4ccccc4[C@H]3[C@@]23C(=O)Nc2ccccc23)cc1. The van der Waals surface area contributed by atoms with E-state index in [0.717, 1.165) is 11.1 Å². The van der Waals surface area contributed by atoms with Gasteiger partial charge in [-0.3, -0.25) is 14.4 Å². The average Bonchev–Trinajstić information content (AvgIpc) is 3.52. The van der Waals surface area contributed by atoms with Crippen LogP contribution in [0.3, 0.4) is 0 Å².